The van der Waals surface area contributed by atoms with Gasteiger partial charge in [0, 0.05) is 60.9 Å². The topological polar surface area (TPSA) is 68.3 Å². The van der Waals surface area contributed by atoms with Crippen molar-refractivity contribution in [1.82, 2.24) is 9.80 Å². The monoisotopic (exact) mass is 374 g/mol. The fourth-order valence-corrected chi connectivity index (χ4v) is 2.25. The number of likely N-dealkylation sites (N-methyl/N-ethyl adjacent to an activating group) is 1. The molecule has 0 aliphatic carbocycles. The van der Waals surface area contributed by atoms with Crippen molar-refractivity contribution in [3.05, 3.63) is 0 Å². The van der Waals surface area contributed by atoms with E-state index in [1.807, 2.05) is 0 Å². The molecule has 0 heterocycles. The van der Waals surface area contributed by atoms with Crippen molar-refractivity contribution in [2.24, 2.45) is 0 Å². The third-order valence-corrected chi connectivity index (χ3v) is 4.04. The highest BCUT2D eigenvalue weighted by atomic mass is 16.5. The molecule has 0 aromatic rings. The van der Waals surface area contributed by atoms with Crippen molar-refractivity contribution in [1.29, 1.82) is 0 Å². The normalized spacial score (nSPS) is 10.8. The number of hydrogen-bond donors (Lipinski definition) is 0. The minimum absolute atomic E-state index is 0.120. The average molecular weight is 375 g/mol. The number of ether oxygens (including phenoxy) is 3. The van der Waals surface area contributed by atoms with E-state index in [0.717, 1.165) is 32.1 Å². The molecule has 0 radical (unpaired) electrons. The van der Waals surface area contributed by atoms with Crippen LogP contribution in [-0.4, -0.2) is 89.4 Å². The molecule has 7 heteroatoms. The maximum atomic E-state index is 11.9. The zero-order chi connectivity index (χ0) is 19.6. The lowest BCUT2D eigenvalue weighted by molar-refractivity contribution is -0.131. The predicted octanol–water partition coefficient (Wildman–Crippen LogP) is 1.94. The summed E-state index contributed by atoms with van der Waals surface area (Å²) in [5, 5.41) is 0. The molecule has 154 valence electrons. The Bertz CT molecular complexity index is 364. The Morgan fingerprint density at radius 2 is 1.31 bits per heavy atom. The molecule has 0 bridgehead atoms. The number of nitrogens with zero attached hydrogens (tertiary/aromatic N) is 2. The SMILES string of the molecule is COCCOCCCC(=O)N(C)CCOCCCCCCC(=O)N(C)C. The Labute approximate surface area is 158 Å². The van der Waals surface area contributed by atoms with Crippen molar-refractivity contribution in [2.45, 2.75) is 44.9 Å². The molecule has 0 saturated carbocycles. The van der Waals surface area contributed by atoms with E-state index in [2.05, 4.69) is 0 Å². The molecule has 0 aromatic carbocycles. The lowest BCUT2D eigenvalue weighted by atomic mass is 10.1. The molecule has 26 heavy (non-hydrogen) atoms. The van der Waals surface area contributed by atoms with E-state index in [1.54, 1.807) is 38.1 Å². The van der Waals surface area contributed by atoms with Crippen molar-refractivity contribution in [2.75, 3.05) is 67.8 Å². The molecule has 7 nitrogen and oxygen atoms in total. The van der Waals surface area contributed by atoms with E-state index in [0.29, 0.717) is 52.4 Å². The van der Waals surface area contributed by atoms with E-state index in [1.165, 1.54) is 0 Å². The summed E-state index contributed by atoms with van der Waals surface area (Å²) in [6.45, 7) is 3.61. The van der Waals surface area contributed by atoms with E-state index in [-0.39, 0.29) is 11.8 Å². The first-order valence-corrected chi connectivity index (χ1v) is 9.57. The van der Waals surface area contributed by atoms with Crippen LogP contribution in [0, 0.1) is 0 Å². The first kappa shape index (κ1) is 24.8. The van der Waals surface area contributed by atoms with Gasteiger partial charge in [0.1, 0.15) is 0 Å². The standard InChI is InChI=1S/C19H38N2O5/c1-20(2)18(22)10-7-5-6-8-13-25-15-12-21(3)19(23)11-9-14-26-17-16-24-4/h5-17H2,1-4H3. The molecule has 0 aliphatic heterocycles. The van der Waals surface area contributed by atoms with Crippen LogP contribution in [0.15, 0.2) is 0 Å². The lowest BCUT2D eigenvalue weighted by Gasteiger charge is -2.17. The van der Waals surface area contributed by atoms with Gasteiger partial charge in [0.15, 0.2) is 0 Å². The van der Waals surface area contributed by atoms with Gasteiger partial charge in [-0.15, -0.1) is 0 Å². The van der Waals surface area contributed by atoms with Crippen LogP contribution < -0.4 is 0 Å². The van der Waals surface area contributed by atoms with Crippen molar-refractivity contribution < 1.29 is 23.8 Å². The van der Waals surface area contributed by atoms with E-state index in [9.17, 15) is 9.59 Å². The molecule has 0 aliphatic rings. The van der Waals surface area contributed by atoms with Gasteiger partial charge in [0.05, 0.1) is 19.8 Å². The number of methoxy groups -OCH3 is 1. The number of amides is 2. The molecular weight excluding hydrogens is 336 g/mol. The van der Waals surface area contributed by atoms with Gasteiger partial charge in [-0.3, -0.25) is 9.59 Å². The molecular formula is C19H38N2O5. The summed E-state index contributed by atoms with van der Waals surface area (Å²) >= 11 is 0. The van der Waals surface area contributed by atoms with E-state index < -0.39 is 0 Å². The fraction of sp³-hybridized carbons (Fsp3) is 0.895. The average Bonchev–Trinajstić information content (AvgIpc) is 2.62. The lowest BCUT2D eigenvalue weighted by Crippen LogP contribution is -2.30. The quantitative estimate of drug-likeness (QED) is 0.364. The number of carbonyl (C=O) groups excluding carboxylic acids is 2. The molecule has 0 aromatic heterocycles. The molecule has 0 N–H and O–H groups in total. The maximum absolute atomic E-state index is 11.9. The summed E-state index contributed by atoms with van der Waals surface area (Å²) in [4.78, 5) is 26.7. The number of unbranched alkanes of at least 4 members (excludes halogenated alkanes) is 3. The Hall–Kier alpha value is -1.18. The van der Waals surface area contributed by atoms with Crippen LogP contribution in [0.3, 0.4) is 0 Å². The molecule has 0 saturated heterocycles. The van der Waals surface area contributed by atoms with E-state index in [4.69, 9.17) is 14.2 Å². The largest absolute Gasteiger partial charge is 0.382 e. The van der Waals surface area contributed by atoms with Crippen molar-refractivity contribution in [3.8, 4) is 0 Å². The minimum Gasteiger partial charge on any atom is -0.382 e. The maximum Gasteiger partial charge on any atom is 0.222 e. The minimum atomic E-state index is 0.120. The molecule has 2 amide bonds. The molecule has 0 atom stereocenters. The Morgan fingerprint density at radius 3 is 2.00 bits per heavy atom. The highest BCUT2D eigenvalue weighted by Crippen LogP contribution is 2.04. The van der Waals surface area contributed by atoms with Crippen LogP contribution in [0.25, 0.3) is 0 Å². The number of carbonyl (C=O) groups is 2. The summed E-state index contributed by atoms with van der Waals surface area (Å²) in [5.41, 5.74) is 0. The molecule has 0 unspecified atom stereocenters. The summed E-state index contributed by atoms with van der Waals surface area (Å²) in [7, 11) is 7.02. The van der Waals surface area contributed by atoms with Gasteiger partial charge in [0.25, 0.3) is 0 Å². The van der Waals surface area contributed by atoms with Gasteiger partial charge < -0.3 is 24.0 Å². The van der Waals surface area contributed by atoms with Crippen LogP contribution >= 0.6 is 0 Å². The van der Waals surface area contributed by atoms with Crippen LogP contribution in [0.5, 0.6) is 0 Å². The first-order chi connectivity index (χ1) is 12.5. The van der Waals surface area contributed by atoms with Gasteiger partial charge in [0.2, 0.25) is 11.8 Å². The van der Waals surface area contributed by atoms with Crippen LogP contribution in [0.1, 0.15) is 44.9 Å². The molecule has 0 rings (SSSR count). The zero-order valence-corrected chi connectivity index (χ0v) is 17.1. The number of hydrogen-bond acceptors (Lipinski definition) is 5. The first-order valence-electron chi connectivity index (χ1n) is 9.57. The van der Waals surface area contributed by atoms with E-state index >= 15 is 0 Å². The van der Waals surface area contributed by atoms with Crippen LogP contribution in [0.2, 0.25) is 0 Å². The summed E-state index contributed by atoms with van der Waals surface area (Å²) in [6, 6.07) is 0. The highest BCUT2D eigenvalue weighted by molar-refractivity contribution is 5.76. The second-order valence-corrected chi connectivity index (χ2v) is 6.59. The Morgan fingerprint density at radius 1 is 0.692 bits per heavy atom. The second-order valence-electron chi connectivity index (χ2n) is 6.59. The van der Waals surface area contributed by atoms with Crippen LogP contribution in [0.4, 0.5) is 0 Å². The summed E-state index contributed by atoms with van der Waals surface area (Å²) < 4.78 is 15.8. The summed E-state index contributed by atoms with van der Waals surface area (Å²) in [5.74, 6) is 0.310. The number of rotatable bonds is 17. The smallest absolute Gasteiger partial charge is 0.222 e. The van der Waals surface area contributed by atoms with Gasteiger partial charge in [-0.1, -0.05) is 12.8 Å². The third-order valence-electron chi connectivity index (χ3n) is 4.04. The fourth-order valence-electron chi connectivity index (χ4n) is 2.25. The molecule has 0 fully saturated rings. The van der Waals surface area contributed by atoms with Gasteiger partial charge in [-0.2, -0.15) is 0 Å². The highest BCUT2D eigenvalue weighted by Gasteiger charge is 2.08. The van der Waals surface area contributed by atoms with Crippen LogP contribution in [-0.2, 0) is 23.8 Å². The Balaban J connectivity index is 3.40. The van der Waals surface area contributed by atoms with Gasteiger partial charge in [-0.05, 0) is 19.3 Å². The molecule has 0 spiro atoms. The third kappa shape index (κ3) is 15.1. The van der Waals surface area contributed by atoms with Crippen molar-refractivity contribution in [3.63, 3.8) is 0 Å². The van der Waals surface area contributed by atoms with Crippen molar-refractivity contribution >= 4 is 11.8 Å². The summed E-state index contributed by atoms with van der Waals surface area (Å²) in [6.07, 6.45) is 5.89. The van der Waals surface area contributed by atoms with Gasteiger partial charge in [-0.25, -0.2) is 0 Å². The Kier molecular flexibility index (Phi) is 16.5. The zero-order valence-electron chi connectivity index (χ0n) is 17.1. The second kappa shape index (κ2) is 17.2. The predicted molar refractivity (Wildman–Crippen MR) is 102 cm³/mol. The van der Waals surface area contributed by atoms with Gasteiger partial charge >= 0.3 is 0 Å².